The Morgan fingerprint density at radius 1 is 0.879 bits per heavy atom. The molecular weight excluding hydrogens is 460 g/mol. The molecule has 0 unspecified atom stereocenters. The fraction of sp³-hybridized carbons (Fsp3) is 0.0800. The molecule has 1 heterocycles. The van der Waals surface area contributed by atoms with Crippen molar-refractivity contribution < 1.29 is 17.6 Å². The molecule has 0 saturated carbocycles. The van der Waals surface area contributed by atoms with Crippen LogP contribution in [0.2, 0.25) is 5.02 Å². The summed E-state index contributed by atoms with van der Waals surface area (Å²) < 4.78 is 30.5. The van der Waals surface area contributed by atoms with Crippen LogP contribution in [-0.2, 0) is 22.1 Å². The number of carbonyl (C=O) groups is 1. The number of amides is 1. The van der Waals surface area contributed by atoms with Crippen molar-refractivity contribution in [2.75, 3.05) is 10.6 Å². The van der Waals surface area contributed by atoms with Crippen molar-refractivity contribution >= 4 is 38.7 Å². The van der Waals surface area contributed by atoms with Crippen LogP contribution >= 0.6 is 11.6 Å². The Hall–Kier alpha value is -3.55. The van der Waals surface area contributed by atoms with E-state index >= 15 is 0 Å². The molecule has 4 rings (SSSR count). The molecule has 3 aromatic carbocycles. The van der Waals surface area contributed by atoms with Gasteiger partial charge in [0.05, 0.1) is 15.6 Å². The molecule has 2 N–H and O–H groups in total. The minimum Gasteiger partial charge on any atom is -0.455 e. The van der Waals surface area contributed by atoms with Gasteiger partial charge in [-0.25, -0.2) is 8.42 Å². The fourth-order valence-corrected chi connectivity index (χ4v) is 4.71. The van der Waals surface area contributed by atoms with Gasteiger partial charge in [-0.05, 0) is 48.0 Å². The number of hydrogen-bond acceptors (Lipinski definition) is 5. The first-order valence-corrected chi connectivity index (χ1v) is 12.2. The Morgan fingerprint density at radius 3 is 2.27 bits per heavy atom. The van der Waals surface area contributed by atoms with Crippen LogP contribution in [0.1, 0.15) is 21.9 Å². The molecule has 6 nitrogen and oxygen atoms in total. The number of sulfone groups is 1. The van der Waals surface area contributed by atoms with Crippen LogP contribution in [0.3, 0.4) is 0 Å². The van der Waals surface area contributed by atoms with Crippen molar-refractivity contribution in [3.63, 3.8) is 0 Å². The Labute approximate surface area is 197 Å². The number of halogens is 1. The van der Waals surface area contributed by atoms with Gasteiger partial charge in [0, 0.05) is 12.2 Å². The van der Waals surface area contributed by atoms with Gasteiger partial charge >= 0.3 is 0 Å². The number of nitrogens with one attached hydrogen (secondary N) is 2. The third kappa shape index (κ3) is 5.83. The molecule has 0 aliphatic heterocycles. The molecular formula is C25H21ClN2O4S. The third-order valence-corrected chi connectivity index (χ3v) is 6.84. The summed E-state index contributed by atoms with van der Waals surface area (Å²) >= 11 is 6.36. The molecule has 4 aromatic rings. The van der Waals surface area contributed by atoms with E-state index in [4.69, 9.17) is 16.0 Å². The Kier molecular flexibility index (Phi) is 6.82. The topological polar surface area (TPSA) is 88.4 Å². The Balaban J connectivity index is 1.38. The van der Waals surface area contributed by atoms with Crippen LogP contribution in [0.15, 0.2) is 100 Å². The molecule has 0 radical (unpaired) electrons. The monoisotopic (exact) mass is 480 g/mol. The number of hydrogen-bond donors (Lipinski definition) is 2. The highest BCUT2D eigenvalue weighted by molar-refractivity contribution is 7.90. The normalized spacial score (nSPS) is 11.2. The van der Waals surface area contributed by atoms with Crippen LogP contribution in [0.25, 0.3) is 0 Å². The number of rotatable bonds is 8. The van der Waals surface area contributed by atoms with Gasteiger partial charge in [-0.15, -0.1) is 0 Å². The minimum atomic E-state index is -3.57. The van der Waals surface area contributed by atoms with E-state index in [1.807, 2.05) is 30.3 Å². The van der Waals surface area contributed by atoms with E-state index in [0.717, 1.165) is 11.3 Å². The summed E-state index contributed by atoms with van der Waals surface area (Å²) in [5.74, 6) is -0.643. The molecule has 0 saturated heterocycles. The molecule has 0 fully saturated rings. The highest BCUT2D eigenvalue weighted by atomic mass is 35.5. The molecule has 0 bridgehead atoms. The van der Waals surface area contributed by atoms with Crippen molar-refractivity contribution in [3.8, 4) is 0 Å². The molecule has 1 aromatic heterocycles. The van der Waals surface area contributed by atoms with Crippen LogP contribution < -0.4 is 10.6 Å². The smallest absolute Gasteiger partial charge is 0.291 e. The van der Waals surface area contributed by atoms with E-state index in [9.17, 15) is 13.2 Å². The lowest BCUT2D eigenvalue weighted by molar-refractivity contribution is 0.0995. The van der Waals surface area contributed by atoms with Gasteiger partial charge in [0.1, 0.15) is 11.5 Å². The zero-order chi connectivity index (χ0) is 23.3. The summed E-state index contributed by atoms with van der Waals surface area (Å²) in [4.78, 5) is 12.8. The highest BCUT2D eigenvalue weighted by Crippen LogP contribution is 2.27. The van der Waals surface area contributed by atoms with Gasteiger partial charge in [-0.3, -0.25) is 4.79 Å². The quantitative estimate of drug-likeness (QED) is 0.334. The molecule has 8 heteroatoms. The standard InChI is InChI=1S/C25H21ClN2O4S/c26-22-15-19(11-13-23(22)27-16-18-7-3-1-4-8-18)28-25(29)24-14-12-20(32-24)17-33(30,31)21-9-5-2-6-10-21/h1-15,27H,16-17H2,(H,28,29). The molecule has 33 heavy (non-hydrogen) atoms. The molecule has 0 aliphatic rings. The van der Waals surface area contributed by atoms with Crippen molar-refractivity contribution in [2.24, 2.45) is 0 Å². The average molecular weight is 481 g/mol. The van der Waals surface area contributed by atoms with E-state index in [0.29, 0.717) is 17.3 Å². The molecule has 1 amide bonds. The first kappa shape index (κ1) is 22.6. The van der Waals surface area contributed by atoms with E-state index in [2.05, 4.69) is 10.6 Å². The Morgan fingerprint density at radius 2 is 1.58 bits per heavy atom. The molecule has 0 spiro atoms. The maximum atomic E-state index is 12.6. The van der Waals surface area contributed by atoms with Gasteiger partial charge in [0.15, 0.2) is 15.6 Å². The first-order chi connectivity index (χ1) is 15.9. The van der Waals surface area contributed by atoms with E-state index in [1.54, 1.807) is 36.4 Å². The average Bonchev–Trinajstić information content (AvgIpc) is 3.28. The molecule has 168 valence electrons. The lowest BCUT2D eigenvalue weighted by Crippen LogP contribution is -2.11. The maximum Gasteiger partial charge on any atom is 0.291 e. The van der Waals surface area contributed by atoms with Gasteiger partial charge in [-0.1, -0.05) is 60.1 Å². The van der Waals surface area contributed by atoms with Gasteiger partial charge in [0.2, 0.25) is 0 Å². The van der Waals surface area contributed by atoms with Crippen molar-refractivity contribution in [2.45, 2.75) is 17.2 Å². The van der Waals surface area contributed by atoms with Crippen LogP contribution in [0.5, 0.6) is 0 Å². The first-order valence-electron chi connectivity index (χ1n) is 10.2. The summed E-state index contributed by atoms with van der Waals surface area (Å²) in [5.41, 5.74) is 2.35. The van der Waals surface area contributed by atoms with Crippen molar-refractivity contribution in [1.82, 2.24) is 0 Å². The minimum absolute atomic E-state index is 0.00987. The summed E-state index contributed by atoms with van der Waals surface area (Å²) in [6.45, 7) is 0.618. The largest absolute Gasteiger partial charge is 0.455 e. The fourth-order valence-electron chi connectivity index (χ4n) is 3.20. The van der Waals surface area contributed by atoms with Crippen molar-refractivity contribution in [3.05, 3.63) is 113 Å². The Bertz CT molecular complexity index is 1350. The lowest BCUT2D eigenvalue weighted by atomic mass is 10.2. The zero-order valence-corrected chi connectivity index (χ0v) is 19.1. The molecule has 0 atom stereocenters. The second-order valence-corrected chi connectivity index (χ2v) is 9.72. The molecule has 0 aliphatic carbocycles. The van der Waals surface area contributed by atoms with Crippen molar-refractivity contribution in [1.29, 1.82) is 0 Å². The second-order valence-electron chi connectivity index (χ2n) is 7.33. The SMILES string of the molecule is O=C(Nc1ccc(NCc2ccccc2)c(Cl)c1)c1ccc(CS(=O)(=O)c2ccccc2)o1. The zero-order valence-electron chi connectivity index (χ0n) is 17.5. The third-order valence-electron chi connectivity index (χ3n) is 4.87. The predicted octanol–water partition coefficient (Wildman–Crippen LogP) is 5.77. The summed E-state index contributed by atoms with van der Waals surface area (Å²) in [5, 5.41) is 6.43. The van der Waals surface area contributed by atoms with E-state index in [-0.39, 0.29) is 22.2 Å². The van der Waals surface area contributed by atoms with Crippen LogP contribution in [0.4, 0.5) is 11.4 Å². The van der Waals surface area contributed by atoms with Crippen LogP contribution in [-0.4, -0.2) is 14.3 Å². The second kappa shape index (κ2) is 9.94. The number of carbonyl (C=O) groups excluding carboxylic acids is 1. The summed E-state index contributed by atoms with van der Waals surface area (Å²) in [6, 6.07) is 26.1. The van der Waals surface area contributed by atoms with E-state index < -0.39 is 15.7 Å². The summed E-state index contributed by atoms with van der Waals surface area (Å²) in [6.07, 6.45) is 0. The number of furan rings is 1. The summed E-state index contributed by atoms with van der Waals surface area (Å²) in [7, 11) is -3.57. The van der Waals surface area contributed by atoms with Gasteiger partial charge in [-0.2, -0.15) is 0 Å². The highest BCUT2D eigenvalue weighted by Gasteiger charge is 2.19. The van der Waals surface area contributed by atoms with Crippen LogP contribution in [0, 0.1) is 0 Å². The number of benzene rings is 3. The maximum absolute atomic E-state index is 12.6. The van der Waals surface area contributed by atoms with Gasteiger partial charge in [0.25, 0.3) is 5.91 Å². The van der Waals surface area contributed by atoms with Gasteiger partial charge < -0.3 is 15.1 Å². The lowest BCUT2D eigenvalue weighted by Gasteiger charge is -2.10. The predicted molar refractivity (Wildman–Crippen MR) is 129 cm³/mol. The van der Waals surface area contributed by atoms with E-state index in [1.165, 1.54) is 24.3 Å². The number of anilines is 2.